The van der Waals surface area contributed by atoms with Crippen molar-refractivity contribution in [2.45, 2.75) is 5.54 Å². The molecule has 1 aromatic rings. The average molecular weight is 306 g/mol. The topological polar surface area (TPSA) is 90.7 Å². The van der Waals surface area contributed by atoms with Crippen LogP contribution < -0.4 is 11.5 Å². The number of halogens is 3. The molecule has 0 aliphatic carbocycles. The van der Waals surface area contributed by atoms with Crippen molar-refractivity contribution < 1.29 is 18.3 Å². The van der Waals surface area contributed by atoms with Crippen LogP contribution in [-0.4, -0.2) is 31.6 Å². The number of benzene rings is 1. The minimum Gasteiger partial charge on any atom is -0.385 e. The highest BCUT2D eigenvalue weighted by Crippen LogP contribution is 2.32. The van der Waals surface area contributed by atoms with Crippen molar-refractivity contribution in [1.82, 2.24) is 0 Å². The van der Waals surface area contributed by atoms with Crippen LogP contribution in [0.2, 0.25) is 0 Å². The Kier molecular flexibility index (Phi) is 5.02. The number of ether oxygens (including phenoxy) is 1. The van der Waals surface area contributed by atoms with Gasteiger partial charge in [0.15, 0.2) is 0 Å². The molecule has 1 aromatic carbocycles. The third-order valence-corrected chi connectivity index (χ3v) is 2.92. The quantitative estimate of drug-likeness (QED) is 0.869. The van der Waals surface area contributed by atoms with Gasteiger partial charge in [-0.05, 0) is 18.2 Å². The molecule has 4 N–H and O–H groups in total. The molecular weight excluding hydrogens is 292 g/mol. The Morgan fingerprint density at radius 1 is 1.50 bits per heavy atom. The van der Waals surface area contributed by atoms with E-state index in [1.165, 1.54) is 12.1 Å². The lowest BCUT2D eigenvalue weighted by atomic mass is 9.90. The van der Waals surface area contributed by atoms with Crippen LogP contribution in [-0.2, 0) is 10.3 Å². The third kappa shape index (κ3) is 2.88. The SMILES string of the molecule is Cl.NC(=O)c1ccc(F)c(C2(CF)COCC(N)=N2)c1. The Labute approximate surface area is 120 Å². The van der Waals surface area contributed by atoms with E-state index in [0.717, 1.165) is 6.07 Å². The molecule has 1 amide bonds. The van der Waals surface area contributed by atoms with Gasteiger partial charge < -0.3 is 16.2 Å². The predicted molar refractivity (Wildman–Crippen MR) is 72.3 cm³/mol. The van der Waals surface area contributed by atoms with E-state index in [1.54, 1.807) is 0 Å². The van der Waals surface area contributed by atoms with Crippen LogP contribution in [0.4, 0.5) is 8.78 Å². The Hall–Kier alpha value is -1.73. The molecule has 1 heterocycles. The second-order valence-electron chi connectivity index (χ2n) is 4.32. The largest absolute Gasteiger partial charge is 0.385 e. The van der Waals surface area contributed by atoms with E-state index in [1.807, 2.05) is 0 Å². The summed E-state index contributed by atoms with van der Waals surface area (Å²) in [7, 11) is 0. The molecule has 0 fully saturated rings. The van der Waals surface area contributed by atoms with Gasteiger partial charge in [-0.25, -0.2) is 8.78 Å². The molecule has 0 saturated carbocycles. The normalized spacial score (nSPS) is 21.8. The number of rotatable bonds is 3. The van der Waals surface area contributed by atoms with Crippen molar-refractivity contribution in [3.05, 3.63) is 35.1 Å². The Morgan fingerprint density at radius 3 is 2.75 bits per heavy atom. The molecule has 1 atom stereocenters. The summed E-state index contributed by atoms with van der Waals surface area (Å²) in [5.74, 6) is -1.35. The molecule has 0 saturated heterocycles. The molecule has 0 spiro atoms. The van der Waals surface area contributed by atoms with Gasteiger partial charge in [0.25, 0.3) is 0 Å². The number of carbonyl (C=O) groups is 1. The highest BCUT2D eigenvalue weighted by Gasteiger charge is 2.38. The molecule has 20 heavy (non-hydrogen) atoms. The Balaban J connectivity index is 0.00000200. The zero-order valence-corrected chi connectivity index (χ0v) is 11.3. The number of hydrogen-bond donors (Lipinski definition) is 2. The third-order valence-electron chi connectivity index (χ3n) is 2.92. The van der Waals surface area contributed by atoms with Crippen molar-refractivity contribution in [2.75, 3.05) is 19.9 Å². The van der Waals surface area contributed by atoms with Crippen molar-refractivity contribution in [3.63, 3.8) is 0 Å². The lowest BCUT2D eigenvalue weighted by molar-refractivity contribution is 0.0807. The van der Waals surface area contributed by atoms with Gasteiger partial charge in [-0.1, -0.05) is 0 Å². The number of alkyl halides is 1. The second kappa shape index (κ2) is 6.15. The molecule has 1 aliphatic rings. The molecule has 1 aliphatic heterocycles. The number of carbonyl (C=O) groups excluding carboxylic acids is 1. The van der Waals surface area contributed by atoms with Gasteiger partial charge >= 0.3 is 0 Å². The number of nitrogens with two attached hydrogens (primary N) is 2. The first kappa shape index (κ1) is 16.3. The highest BCUT2D eigenvalue weighted by molar-refractivity contribution is 5.93. The zero-order chi connectivity index (χ0) is 14.0. The van der Waals surface area contributed by atoms with E-state index in [2.05, 4.69) is 4.99 Å². The fourth-order valence-corrected chi connectivity index (χ4v) is 1.98. The summed E-state index contributed by atoms with van der Waals surface area (Å²) in [6, 6.07) is 3.46. The minimum atomic E-state index is -1.56. The summed E-state index contributed by atoms with van der Waals surface area (Å²) in [5.41, 5.74) is 9.07. The second-order valence-corrected chi connectivity index (χ2v) is 4.32. The van der Waals surface area contributed by atoms with Crippen LogP contribution in [0.15, 0.2) is 23.2 Å². The number of aliphatic imine (C=N–C) groups is 1. The summed E-state index contributed by atoms with van der Waals surface area (Å²) in [6.45, 7) is -1.07. The highest BCUT2D eigenvalue weighted by atomic mass is 35.5. The molecule has 8 heteroatoms. The monoisotopic (exact) mass is 305 g/mol. The maximum atomic E-state index is 13.9. The summed E-state index contributed by atoms with van der Waals surface area (Å²) in [4.78, 5) is 15.1. The maximum absolute atomic E-state index is 13.9. The van der Waals surface area contributed by atoms with Crippen LogP contribution in [0.5, 0.6) is 0 Å². The van der Waals surface area contributed by atoms with Crippen LogP contribution in [0.1, 0.15) is 15.9 Å². The van der Waals surface area contributed by atoms with Crippen LogP contribution in [0, 0.1) is 5.82 Å². The van der Waals surface area contributed by atoms with Crippen LogP contribution in [0.25, 0.3) is 0 Å². The van der Waals surface area contributed by atoms with Gasteiger partial charge in [0.2, 0.25) is 5.91 Å². The average Bonchev–Trinajstić information content (AvgIpc) is 2.38. The number of hydrogen-bond acceptors (Lipinski definition) is 4. The number of primary amides is 1. The number of nitrogens with zero attached hydrogens (tertiary/aromatic N) is 1. The van der Waals surface area contributed by atoms with Gasteiger partial charge in [0.1, 0.15) is 30.5 Å². The van der Waals surface area contributed by atoms with Crippen molar-refractivity contribution >= 4 is 24.1 Å². The maximum Gasteiger partial charge on any atom is 0.248 e. The van der Waals surface area contributed by atoms with Gasteiger partial charge in [-0.2, -0.15) is 0 Å². The van der Waals surface area contributed by atoms with E-state index in [4.69, 9.17) is 16.2 Å². The van der Waals surface area contributed by atoms with Crippen molar-refractivity contribution in [2.24, 2.45) is 16.5 Å². The van der Waals surface area contributed by atoms with Gasteiger partial charge in [-0.15, -0.1) is 12.4 Å². The van der Waals surface area contributed by atoms with Gasteiger partial charge in [-0.3, -0.25) is 9.79 Å². The first-order valence-corrected chi connectivity index (χ1v) is 5.56. The fourth-order valence-electron chi connectivity index (χ4n) is 1.98. The van der Waals surface area contributed by atoms with E-state index in [9.17, 15) is 13.6 Å². The molecule has 5 nitrogen and oxygen atoms in total. The molecule has 0 radical (unpaired) electrons. The lowest BCUT2D eigenvalue weighted by Crippen LogP contribution is -2.42. The number of amidine groups is 1. The lowest BCUT2D eigenvalue weighted by Gasteiger charge is -2.31. The van der Waals surface area contributed by atoms with E-state index < -0.39 is 23.9 Å². The number of amides is 1. The smallest absolute Gasteiger partial charge is 0.248 e. The fraction of sp³-hybridized carbons (Fsp3) is 0.333. The Bertz CT molecular complexity index is 554. The molecular formula is C12H14ClF2N3O2. The van der Waals surface area contributed by atoms with Crippen molar-refractivity contribution in [3.8, 4) is 0 Å². The first-order valence-electron chi connectivity index (χ1n) is 5.56. The van der Waals surface area contributed by atoms with Crippen LogP contribution >= 0.6 is 12.4 Å². The standard InChI is InChI=1S/C12H13F2N3O2.ClH/c13-5-12(6-19-4-10(15)17-12)8-3-7(11(16)18)1-2-9(8)14;/h1-3H,4-6H2,(H2,15,17)(H2,16,18);1H. The zero-order valence-electron chi connectivity index (χ0n) is 10.4. The predicted octanol–water partition coefficient (Wildman–Crippen LogP) is 0.899. The van der Waals surface area contributed by atoms with Gasteiger partial charge in [0.05, 0.1) is 6.61 Å². The van der Waals surface area contributed by atoms with E-state index in [-0.39, 0.29) is 42.6 Å². The first-order chi connectivity index (χ1) is 8.98. The minimum absolute atomic E-state index is 0. The van der Waals surface area contributed by atoms with E-state index >= 15 is 0 Å². The molecule has 110 valence electrons. The van der Waals surface area contributed by atoms with E-state index in [0.29, 0.717) is 0 Å². The molecule has 1 unspecified atom stereocenters. The van der Waals surface area contributed by atoms with Crippen molar-refractivity contribution in [1.29, 1.82) is 0 Å². The Morgan fingerprint density at radius 2 is 2.20 bits per heavy atom. The van der Waals surface area contributed by atoms with Crippen LogP contribution in [0.3, 0.4) is 0 Å². The summed E-state index contributed by atoms with van der Waals surface area (Å²) in [6.07, 6.45) is 0. The summed E-state index contributed by atoms with van der Waals surface area (Å²) < 4.78 is 32.4. The molecule has 2 rings (SSSR count). The summed E-state index contributed by atoms with van der Waals surface area (Å²) >= 11 is 0. The molecule has 0 bridgehead atoms. The molecule has 0 aromatic heterocycles. The van der Waals surface area contributed by atoms with Gasteiger partial charge in [0, 0.05) is 11.1 Å². The summed E-state index contributed by atoms with van der Waals surface area (Å²) in [5, 5.41) is 0.